The van der Waals surface area contributed by atoms with Crippen molar-refractivity contribution in [2.24, 2.45) is 0 Å². The Kier molecular flexibility index (Phi) is 5.81. The summed E-state index contributed by atoms with van der Waals surface area (Å²) in [7, 11) is 3.40. The molecule has 3 aromatic heterocycles. The van der Waals surface area contributed by atoms with E-state index in [1.165, 1.54) is 22.0 Å². The van der Waals surface area contributed by atoms with Crippen molar-refractivity contribution in [3.05, 3.63) is 64.6 Å². The molecule has 0 unspecified atom stereocenters. The number of hydrogen-bond donors (Lipinski definition) is 1. The number of halogens is 1. The molecule has 4 heterocycles. The summed E-state index contributed by atoms with van der Waals surface area (Å²) in [6, 6.07) is 7.39. The molecule has 0 aliphatic carbocycles. The van der Waals surface area contributed by atoms with Gasteiger partial charge in [0.1, 0.15) is 11.7 Å². The van der Waals surface area contributed by atoms with Crippen LogP contribution in [0.1, 0.15) is 12.8 Å². The van der Waals surface area contributed by atoms with Crippen LogP contribution in [0, 0.1) is 0 Å². The van der Waals surface area contributed by atoms with Crippen LogP contribution in [0.3, 0.4) is 0 Å². The molecule has 0 bridgehead atoms. The number of urea groups is 1. The Hall–Kier alpha value is -3.70. The summed E-state index contributed by atoms with van der Waals surface area (Å²) >= 11 is 5.99. The highest BCUT2D eigenvalue weighted by Gasteiger charge is 2.35. The number of piperidine rings is 1. The van der Waals surface area contributed by atoms with E-state index >= 15 is 0 Å². The Balaban J connectivity index is 1.39. The third-order valence-electron chi connectivity index (χ3n) is 6.26. The van der Waals surface area contributed by atoms with Crippen molar-refractivity contribution < 1.29 is 9.90 Å². The molecule has 182 valence electrons. The summed E-state index contributed by atoms with van der Waals surface area (Å²) < 4.78 is 4.66. The van der Waals surface area contributed by atoms with Crippen LogP contribution >= 0.6 is 11.6 Å². The first-order valence-electron chi connectivity index (χ1n) is 11.2. The maximum atomic E-state index is 13.2. The van der Waals surface area contributed by atoms with Crippen molar-refractivity contribution in [3.8, 4) is 11.4 Å². The van der Waals surface area contributed by atoms with Gasteiger partial charge in [-0.2, -0.15) is 10.2 Å². The van der Waals surface area contributed by atoms with Gasteiger partial charge >= 0.3 is 6.03 Å². The summed E-state index contributed by atoms with van der Waals surface area (Å²) in [5.41, 5.74) is 0.535. The zero-order valence-electron chi connectivity index (χ0n) is 19.4. The summed E-state index contributed by atoms with van der Waals surface area (Å²) in [6.07, 6.45) is 6.93. The van der Waals surface area contributed by atoms with Gasteiger partial charge in [-0.3, -0.25) is 9.36 Å². The summed E-state index contributed by atoms with van der Waals surface area (Å²) in [6.45, 7) is 0.945. The number of carbonyl (C=O) groups is 1. The Morgan fingerprint density at radius 3 is 2.60 bits per heavy atom. The lowest BCUT2D eigenvalue weighted by atomic mass is 9.91. The first-order chi connectivity index (χ1) is 16.7. The van der Waals surface area contributed by atoms with E-state index in [2.05, 4.69) is 15.2 Å². The topological polar surface area (TPSA) is 114 Å². The number of nitrogens with zero attached hydrogens (tertiary/aromatic N) is 8. The first-order valence-corrected chi connectivity index (χ1v) is 11.5. The molecule has 4 aromatic rings. The number of fused-ring (bicyclic) bond motifs is 1. The molecule has 35 heavy (non-hydrogen) atoms. The molecule has 5 rings (SSSR count). The lowest BCUT2D eigenvalue weighted by Gasteiger charge is -2.39. The molecule has 11 nitrogen and oxygen atoms in total. The van der Waals surface area contributed by atoms with E-state index in [-0.39, 0.29) is 18.1 Å². The van der Waals surface area contributed by atoms with Gasteiger partial charge < -0.3 is 14.9 Å². The highest BCUT2D eigenvalue weighted by atomic mass is 35.5. The quantitative estimate of drug-likeness (QED) is 0.461. The standard InChI is InChI=1S/C23H25ClN8O3/c1-28(2)22(34)29-8-6-23(35,7-9-29)14-30-15-25-20-19(21(30)33)12-27-32(20)18-5-3-4-17(10-18)31-13-16(24)11-26-31/h3-5,10-13,15,35H,6-9,14H2,1-2H3. The van der Waals surface area contributed by atoms with Gasteiger partial charge in [0.05, 0.1) is 40.9 Å². The zero-order chi connectivity index (χ0) is 24.7. The first kappa shape index (κ1) is 23.1. The van der Waals surface area contributed by atoms with Gasteiger partial charge in [-0.15, -0.1) is 0 Å². The normalized spacial score (nSPS) is 15.5. The van der Waals surface area contributed by atoms with Gasteiger partial charge in [-0.1, -0.05) is 17.7 Å². The largest absolute Gasteiger partial charge is 0.388 e. The van der Waals surface area contributed by atoms with E-state index in [4.69, 9.17) is 11.6 Å². The summed E-state index contributed by atoms with van der Waals surface area (Å²) in [4.78, 5) is 33.1. The van der Waals surface area contributed by atoms with Gasteiger partial charge in [0, 0.05) is 33.4 Å². The minimum atomic E-state index is -1.10. The molecule has 1 aromatic carbocycles. The molecule has 1 aliphatic rings. The smallest absolute Gasteiger partial charge is 0.319 e. The molecule has 1 saturated heterocycles. The van der Waals surface area contributed by atoms with Crippen LogP contribution in [0.4, 0.5) is 4.79 Å². The third-order valence-corrected chi connectivity index (χ3v) is 6.45. The van der Waals surface area contributed by atoms with Crippen molar-refractivity contribution in [3.63, 3.8) is 0 Å². The number of aliphatic hydroxyl groups is 1. The van der Waals surface area contributed by atoms with E-state index in [1.54, 1.807) is 40.8 Å². The van der Waals surface area contributed by atoms with Crippen molar-refractivity contribution in [2.75, 3.05) is 27.2 Å². The Labute approximate surface area is 205 Å². The minimum absolute atomic E-state index is 0.0839. The predicted octanol–water partition coefficient (Wildman–Crippen LogP) is 1.93. The number of amides is 2. The van der Waals surface area contributed by atoms with Gasteiger partial charge in [-0.25, -0.2) is 19.1 Å². The van der Waals surface area contributed by atoms with Crippen molar-refractivity contribution in [1.82, 2.24) is 38.9 Å². The lowest BCUT2D eigenvalue weighted by molar-refractivity contribution is -0.0282. The second-order valence-electron chi connectivity index (χ2n) is 8.98. The van der Waals surface area contributed by atoms with E-state index in [0.717, 1.165) is 5.69 Å². The Morgan fingerprint density at radius 1 is 1.17 bits per heavy atom. The van der Waals surface area contributed by atoms with Crippen molar-refractivity contribution in [1.29, 1.82) is 0 Å². The van der Waals surface area contributed by atoms with Gasteiger partial charge in [0.15, 0.2) is 5.65 Å². The van der Waals surface area contributed by atoms with E-state index < -0.39 is 5.60 Å². The number of hydrogen-bond acceptors (Lipinski definition) is 6. The highest BCUT2D eigenvalue weighted by molar-refractivity contribution is 6.30. The average Bonchev–Trinajstić information content (AvgIpc) is 3.48. The Bertz CT molecular complexity index is 1450. The predicted molar refractivity (Wildman–Crippen MR) is 130 cm³/mol. The lowest BCUT2D eigenvalue weighted by Crippen LogP contribution is -2.51. The second-order valence-corrected chi connectivity index (χ2v) is 9.42. The van der Waals surface area contributed by atoms with Crippen LogP contribution in [0.2, 0.25) is 5.02 Å². The summed E-state index contributed by atoms with van der Waals surface area (Å²) in [5, 5.41) is 20.6. The molecule has 12 heteroatoms. The molecule has 0 spiro atoms. The molecule has 0 atom stereocenters. The Morgan fingerprint density at radius 2 is 1.91 bits per heavy atom. The average molecular weight is 497 g/mol. The maximum absolute atomic E-state index is 13.2. The van der Waals surface area contributed by atoms with E-state index in [0.29, 0.717) is 47.7 Å². The molecule has 2 amide bonds. The molecule has 1 aliphatic heterocycles. The van der Waals surface area contributed by atoms with Crippen molar-refractivity contribution >= 4 is 28.7 Å². The number of likely N-dealkylation sites (tertiary alicyclic amines) is 1. The van der Waals surface area contributed by atoms with E-state index in [1.807, 2.05) is 24.3 Å². The van der Waals surface area contributed by atoms with E-state index in [9.17, 15) is 14.7 Å². The van der Waals surface area contributed by atoms with Crippen molar-refractivity contribution in [2.45, 2.75) is 25.0 Å². The number of carbonyl (C=O) groups excluding carboxylic acids is 1. The molecule has 1 fully saturated rings. The number of aromatic nitrogens is 6. The number of benzene rings is 1. The van der Waals surface area contributed by atoms with Crippen LogP contribution in [0.25, 0.3) is 22.4 Å². The SMILES string of the molecule is CN(C)C(=O)N1CCC(O)(Cn2cnc3c(cnn3-c3cccc(-n4cc(Cl)cn4)c3)c2=O)CC1. The van der Waals surface area contributed by atoms with Crippen LogP contribution < -0.4 is 5.56 Å². The van der Waals surface area contributed by atoms with Crippen LogP contribution in [0.15, 0.2) is 54.0 Å². The fourth-order valence-corrected chi connectivity index (χ4v) is 4.47. The van der Waals surface area contributed by atoms with Gasteiger partial charge in [0.25, 0.3) is 5.56 Å². The van der Waals surface area contributed by atoms with Gasteiger partial charge in [-0.05, 0) is 31.0 Å². The third kappa shape index (κ3) is 4.40. The summed E-state index contributed by atoms with van der Waals surface area (Å²) in [5.74, 6) is 0. The maximum Gasteiger partial charge on any atom is 0.319 e. The molecule has 0 saturated carbocycles. The monoisotopic (exact) mass is 496 g/mol. The molecule has 0 radical (unpaired) electrons. The second kappa shape index (κ2) is 8.82. The van der Waals surface area contributed by atoms with Crippen LogP contribution in [0.5, 0.6) is 0 Å². The zero-order valence-corrected chi connectivity index (χ0v) is 20.1. The fraction of sp³-hybridized carbons (Fsp3) is 0.348. The van der Waals surface area contributed by atoms with Crippen LogP contribution in [-0.4, -0.2) is 82.8 Å². The number of rotatable bonds is 4. The molecule has 1 N–H and O–H groups in total. The molecular weight excluding hydrogens is 472 g/mol. The minimum Gasteiger partial charge on any atom is -0.388 e. The molecular formula is C23H25ClN8O3. The van der Waals surface area contributed by atoms with Gasteiger partial charge in [0.2, 0.25) is 0 Å². The highest BCUT2D eigenvalue weighted by Crippen LogP contribution is 2.25. The van der Waals surface area contributed by atoms with Crippen LogP contribution in [-0.2, 0) is 6.54 Å². The fourth-order valence-electron chi connectivity index (χ4n) is 4.33.